The molecule has 0 bridgehead atoms. The second kappa shape index (κ2) is 5.84. The Kier molecular flexibility index (Phi) is 3.81. The van der Waals surface area contributed by atoms with Crippen LogP contribution in [-0.4, -0.2) is 9.55 Å². The van der Waals surface area contributed by atoms with Gasteiger partial charge in [-0.15, -0.1) is 0 Å². The Morgan fingerprint density at radius 2 is 1.56 bits per heavy atom. The van der Waals surface area contributed by atoms with Gasteiger partial charge in [0, 0.05) is 5.39 Å². The number of aromatic nitrogens is 2. The monoisotopic (exact) mass is 368 g/mol. The summed E-state index contributed by atoms with van der Waals surface area (Å²) in [6.45, 7) is 6.12. The standard InChI is InChI=1S/C22H19F3N2/c1-21(2,3)15-11-12-17-19(13-15)27(20(26-17)22(23,24)25)18-10-6-8-14-7-4-5-9-16(14)18/h4-13H,1-3H3. The van der Waals surface area contributed by atoms with Gasteiger partial charge in [-0.2, -0.15) is 13.2 Å². The minimum atomic E-state index is -4.56. The first-order valence-corrected chi connectivity index (χ1v) is 8.74. The number of rotatable bonds is 1. The summed E-state index contributed by atoms with van der Waals surface area (Å²) >= 11 is 0. The van der Waals surface area contributed by atoms with E-state index in [0.717, 1.165) is 16.3 Å². The average Bonchev–Trinajstić information content (AvgIpc) is 2.99. The molecule has 0 spiro atoms. The Morgan fingerprint density at radius 3 is 2.26 bits per heavy atom. The maximum absolute atomic E-state index is 13.8. The van der Waals surface area contributed by atoms with Gasteiger partial charge in [0.05, 0.1) is 16.7 Å². The molecule has 27 heavy (non-hydrogen) atoms. The first kappa shape index (κ1) is 17.6. The molecule has 0 aliphatic heterocycles. The quantitative estimate of drug-likeness (QED) is 0.375. The van der Waals surface area contributed by atoms with Crippen molar-refractivity contribution in [1.82, 2.24) is 9.55 Å². The van der Waals surface area contributed by atoms with E-state index in [2.05, 4.69) is 4.98 Å². The van der Waals surface area contributed by atoms with E-state index in [9.17, 15) is 13.2 Å². The summed E-state index contributed by atoms with van der Waals surface area (Å²) in [5.74, 6) is -0.903. The lowest BCUT2D eigenvalue weighted by atomic mass is 9.87. The molecule has 4 rings (SSSR count). The average molecular weight is 368 g/mol. The van der Waals surface area contributed by atoms with Gasteiger partial charge in [-0.1, -0.05) is 63.2 Å². The van der Waals surface area contributed by atoms with Crippen molar-refractivity contribution in [3.8, 4) is 5.69 Å². The highest BCUT2D eigenvalue weighted by Gasteiger charge is 2.38. The van der Waals surface area contributed by atoms with Crippen molar-refractivity contribution in [2.75, 3.05) is 0 Å². The molecule has 0 aliphatic rings. The van der Waals surface area contributed by atoms with E-state index >= 15 is 0 Å². The molecule has 3 aromatic carbocycles. The van der Waals surface area contributed by atoms with Gasteiger partial charge in [-0.3, -0.25) is 4.57 Å². The Morgan fingerprint density at radius 1 is 0.852 bits per heavy atom. The molecule has 0 amide bonds. The van der Waals surface area contributed by atoms with E-state index in [-0.39, 0.29) is 5.41 Å². The third kappa shape index (κ3) is 2.97. The van der Waals surface area contributed by atoms with E-state index in [4.69, 9.17) is 0 Å². The van der Waals surface area contributed by atoms with E-state index in [1.54, 1.807) is 18.2 Å². The van der Waals surface area contributed by atoms with Crippen molar-refractivity contribution in [1.29, 1.82) is 0 Å². The van der Waals surface area contributed by atoms with Gasteiger partial charge in [0.25, 0.3) is 0 Å². The van der Waals surface area contributed by atoms with Crippen LogP contribution in [0.5, 0.6) is 0 Å². The fourth-order valence-corrected chi connectivity index (χ4v) is 3.38. The zero-order chi connectivity index (χ0) is 19.4. The van der Waals surface area contributed by atoms with Crippen molar-refractivity contribution in [2.45, 2.75) is 32.4 Å². The first-order chi connectivity index (χ1) is 12.7. The zero-order valence-corrected chi connectivity index (χ0v) is 15.3. The maximum Gasteiger partial charge on any atom is 0.450 e. The second-order valence-electron chi connectivity index (χ2n) is 7.72. The third-order valence-corrected chi connectivity index (χ3v) is 4.78. The molecule has 5 heteroatoms. The van der Waals surface area contributed by atoms with Gasteiger partial charge < -0.3 is 0 Å². The Hall–Kier alpha value is -2.82. The maximum atomic E-state index is 13.8. The number of hydrogen-bond donors (Lipinski definition) is 0. The predicted molar refractivity (Wildman–Crippen MR) is 102 cm³/mol. The first-order valence-electron chi connectivity index (χ1n) is 8.74. The van der Waals surface area contributed by atoms with Gasteiger partial charge in [0.1, 0.15) is 0 Å². The topological polar surface area (TPSA) is 17.8 Å². The highest BCUT2D eigenvalue weighted by Crippen LogP contribution is 2.37. The molecule has 138 valence electrons. The van der Waals surface area contributed by atoms with Crippen LogP contribution in [0.1, 0.15) is 32.2 Å². The summed E-state index contributed by atoms with van der Waals surface area (Å²) in [7, 11) is 0. The molecule has 0 saturated heterocycles. The molecule has 0 N–H and O–H groups in total. The highest BCUT2D eigenvalue weighted by atomic mass is 19.4. The van der Waals surface area contributed by atoms with Gasteiger partial charge in [0.2, 0.25) is 5.82 Å². The number of fused-ring (bicyclic) bond motifs is 2. The van der Waals surface area contributed by atoms with Crippen molar-refractivity contribution >= 4 is 21.8 Å². The van der Waals surface area contributed by atoms with E-state index in [1.807, 2.05) is 63.2 Å². The van der Waals surface area contributed by atoms with Crippen LogP contribution < -0.4 is 0 Å². The van der Waals surface area contributed by atoms with Crippen molar-refractivity contribution < 1.29 is 13.2 Å². The smallest absolute Gasteiger partial charge is 0.288 e. The van der Waals surface area contributed by atoms with E-state index < -0.39 is 12.0 Å². The summed E-state index contributed by atoms with van der Waals surface area (Å²) in [6, 6.07) is 18.2. The number of benzene rings is 3. The van der Waals surface area contributed by atoms with Gasteiger partial charge in [-0.05, 0) is 34.6 Å². The normalized spacial score (nSPS) is 12.8. The van der Waals surface area contributed by atoms with Gasteiger partial charge in [-0.25, -0.2) is 4.98 Å². The van der Waals surface area contributed by atoms with E-state index in [1.165, 1.54) is 4.57 Å². The SMILES string of the molecule is CC(C)(C)c1ccc2nc(C(F)(F)F)n(-c3cccc4ccccc34)c2c1. The molecule has 0 saturated carbocycles. The van der Waals surface area contributed by atoms with E-state index in [0.29, 0.717) is 16.7 Å². The molecule has 4 aromatic rings. The molecular formula is C22H19F3N2. The van der Waals surface area contributed by atoms with Crippen molar-refractivity contribution in [3.63, 3.8) is 0 Å². The van der Waals surface area contributed by atoms with Crippen LogP contribution in [0.25, 0.3) is 27.5 Å². The molecule has 0 aliphatic carbocycles. The van der Waals surface area contributed by atoms with Crippen LogP contribution in [0.2, 0.25) is 0 Å². The fourth-order valence-electron chi connectivity index (χ4n) is 3.38. The second-order valence-corrected chi connectivity index (χ2v) is 7.72. The molecule has 0 unspecified atom stereocenters. The fraction of sp³-hybridized carbons (Fsp3) is 0.227. The Bertz CT molecular complexity index is 1140. The lowest BCUT2D eigenvalue weighted by Crippen LogP contribution is -2.14. The summed E-state index contributed by atoms with van der Waals surface area (Å²) < 4.78 is 42.7. The van der Waals surface area contributed by atoms with Crippen LogP contribution in [-0.2, 0) is 11.6 Å². The van der Waals surface area contributed by atoms with Crippen LogP contribution in [0, 0.1) is 0 Å². The molecule has 0 radical (unpaired) electrons. The molecule has 1 heterocycles. The van der Waals surface area contributed by atoms with Crippen molar-refractivity contribution in [2.24, 2.45) is 0 Å². The van der Waals surface area contributed by atoms with Crippen LogP contribution in [0.4, 0.5) is 13.2 Å². The molecule has 1 aromatic heterocycles. The molecule has 2 nitrogen and oxygen atoms in total. The number of nitrogens with zero attached hydrogens (tertiary/aromatic N) is 2. The largest absolute Gasteiger partial charge is 0.450 e. The van der Waals surface area contributed by atoms with Crippen molar-refractivity contribution in [3.05, 3.63) is 72.1 Å². The minimum Gasteiger partial charge on any atom is -0.288 e. The van der Waals surface area contributed by atoms with Gasteiger partial charge in [0.15, 0.2) is 0 Å². The summed E-state index contributed by atoms with van der Waals surface area (Å²) in [5, 5.41) is 1.64. The Balaban J connectivity index is 2.13. The zero-order valence-electron chi connectivity index (χ0n) is 15.3. The molecule has 0 fully saturated rings. The van der Waals surface area contributed by atoms with Crippen LogP contribution in [0.15, 0.2) is 60.7 Å². The minimum absolute atomic E-state index is 0.180. The highest BCUT2D eigenvalue weighted by molar-refractivity contribution is 5.92. The number of halogens is 3. The lowest BCUT2D eigenvalue weighted by molar-refractivity contribution is -0.145. The summed E-state index contributed by atoms with van der Waals surface area (Å²) in [4.78, 5) is 3.93. The summed E-state index contributed by atoms with van der Waals surface area (Å²) in [6.07, 6.45) is -4.56. The molecule has 0 atom stereocenters. The van der Waals surface area contributed by atoms with Crippen LogP contribution in [0.3, 0.4) is 0 Å². The number of alkyl halides is 3. The lowest BCUT2D eigenvalue weighted by Gasteiger charge is -2.19. The molecular weight excluding hydrogens is 349 g/mol. The predicted octanol–water partition coefficient (Wildman–Crippen LogP) is 6.50. The van der Waals surface area contributed by atoms with Crippen LogP contribution >= 0.6 is 0 Å². The number of imidazole rings is 1. The Labute approximate surface area is 155 Å². The summed E-state index contributed by atoms with van der Waals surface area (Å²) in [5.41, 5.74) is 2.06. The van der Waals surface area contributed by atoms with Gasteiger partial charge >= 0.3 is 6.18 Å². The third-order valence-electron chi connectivity index (χ3n) is 4.78. The number of hydrogen-bond acceptors (Lipinski definition) is 1.